The largest absolute Gasteiger partial charge is 0.459 e. The molecule has 30 heavy (non-hydrogen) atoms. The zero-order valence-electron chi connectivity index (χ0n) is 18.2. The lowest BCUT2D eigenvalue weighted by Crippen LogP contribution is -2.44. The standard InChI is InChI=1S/C25H34N2O3/c1-19(2)16-20-5-7-21(8-6-20)18-27-13-11-25(12-14-27)10-9-22(30-25)17-26-24(28)23-4-3-15-29-23/h3-8,15,19,22H,9-14,16-18H2,1-2H3,(H,26,28)/t22-/m0/s1. The number of piperidine rings is 1. The van der Waals surface area contributed by atoms with Crippen LogP contribution in [0.25, 0.3) is 0 Å². The maximum absolute atomic E-state index is 12.1. The lowest BCUT2D eigenvalue weighted by Gasteiger charge is -2.39. The summed E-state index contributed by atoms with van der Waals surface area (Å²) >= 11 is 0. The van der Waals surface area contributed by atoms with Gasteiger partial charge < -0.3 is 14.5 Å². The second kappa shape index (κ2) is 9.36. The Morgan fingerprint density at radius 3 is 2.53 bits per heavy atom. The van der Waals surface area contributed by atoms with Crippen LogP contribution >= 0.6 is 0 Å². The highest BCUT2D eigenvalue weighted by Gasteiger charge is 2.42. The van der Waals surface area contributed by atoms with Crippen molar-refractivity contribution < 1.29 is 13.9 Å². The molecule has 5 heteroatoms. The van der Waals surface area contributed by atoms with E-state index in [9.17, 15) is 4.79 Å². The summed E-state index contributed by atoms with van der Waals surface area (Å²) in [5, 5.41) is 2.94. The van der Waals surface area contributed by atoms with Crippen molar-refractivity contribution >= 4 is 5.91 Å². The number of nitrogens with one attached hydrogen (secondary N) is 1. The summed E-state index contributed by atoms with van der Waals surface area (Å²) < 4.78 is 11.6. The van der Waals surface area contributed by atoms with Gasteiger partial charge in [-0.05, 0) is 61.3 Å². The van der Waals surface area contributed by atoms with Gasteiger partial charge in [-0.25, -0.2) is 0 Å². The van der Waals surface area contributed by atoms with Crippen molar-refractivity contribution in [2.45, 2.75) is 64.2 Å². The average Bonchev–Trinajstić information content (AvgIpc) is 3.40. The van der Waals surface area contributed by atoms with Crippen molar-refractivity contribution in [3.8, 4) is 0 Å². The second-order valence-electron chi connectivity index (χ2n) is 9.34. The molecule has 1 aromatic carbocycles. The molecule has 1 spiro atoms. The van der Waals surface area contributed by atoms with Gasteiger partial charge >= 0.3 is 0 Å². The van der Waals surface area contributed by atoms with Crippen LogP contribution in [0, 0.1) is 5.92 Å². The maximum atomic E-state index is 12.1. The smallest absolute Gasteiger partial charge is 0.287 e. The Hall–Kier alpha value is -2.11. The number of benzene rings is 1. The number of likely N-dealkylation sites (tertiary alicyclic amines) is 1. The van der Waals surface area contributed by atoms with Crippen LogP contribution in [0.15, 0.2) is 47.1 Å². The molecule has 1 aromatic heterocycles. The Kier molecular flexibility index (Phi) is 6.59. The predicted octanol–water partition coefficient (Wildman–Crippen LogP) is 4.42. The van der Waals surface area contributed by atoms with E-state index in [0.29, 0.717) is 18.2 Å². The average molecular weight is 411 g/mol. The third-order valence-electron chi connectivity index (χ3n) is 6.41. The third kappa shape index (κ3) is 5.32. The van der Waals surface area contributed by atoms with Gasteiger partial charge in [-0.3, -0.25) is 9.69 Å². The van der Waals surface area contributed by atoms with Crippen LogP contribution in [0.3, 0.4) is 0 Å². The van der Waals surface area contributed by atoms with E-state index in [2.05, 4.69) is 48.3 Å². The van der Waals surface area contributed by atoms with Crippen molar-refractivity contribution in [2.75, 3.05) is 19.6 Å². The summed E-state index contributed by atoms with van der Waals surface area (Å²) in [4.78, 5) is 14.6. The first kappa shape index (κ1) is 21.1. The van der Waals surface area contributed by atoms with Gasteiger partial charge in [-0.15, -0.1) is 0 Å². The fourth-order valence-corrected chi connectivity index (χ4v) is 4.74. The second-order valence-corrected chi connectivity index (χ2v) is 9.34. The molecule has 5 nitrogen and oxygen atoms in total. The molecular formula is C25H34N2O3. The Bertz CT molecular complexity index is 805. The minimum atomic E-state index is -0.168. The molecule has 162 valence electrons. The number of carbonyl (C=O) groups excluding carboxylic acids is 1. The number of ether oxygens (including phenoxy) is 1. The highest BCUT2D eigenvalue weighted by Crippen LogP contribution is 2.39. The minimum absolute atomic E-state index is 0.00228. The van der Waals surface area contributed by atoms with Crippen LogP contribution in [-0.4, -0.2) is 42.1 Å². The SMILES string of the molecule is CC(C)Cc1ccc(CN2CCC3(CC[C@@H](CNC(=O)c4ccco4)O3)CC2)cc1. The molecule has 1 amide bonds. The number of carbonyl (C=O) groups is 1. The van der Waals surface area contributed by atoms with E-state index in [1.54, 1.807) is 12.1 Å². The van der Waals surface area contributed by atoms with Crippen LogP contribution in [0.1, 0.15) is 61.2 Å². The maximum Gasteiger partial charge on any atom is 0.287 e. The molecule has 2 aliphatic rings. The molecule has 4 rings (SSSR count). The molecule has 3 heterocycles. The summed E-state index contributed by atoms with van der Waals surface area (Å²) in [7, 11) is 0. The number of nitrogens with zero attached hydrogens (tertiary/aromatic N) is 1. The first-order valence-corrected chi connectivity index (χ1v) is 11.3. The van der Waals surface area contributed by atoms with Crippen LogP contribution in [0.4, 0.5) is 0 Å². The summed E-state index contributed by atoms with van der Waals surface area (Å²) in [6.07, 6.45) is 7.00. The van der Waals surface area contributed by atoms with E-state index < -0.39 is 0 Å². The summed E-state index contributed by atoms with van der Waals surface area (Å²) in [5.74, 6) is 0.884. The Morgan fingerprint density at radius 2 is 1.87 bits per heavy atom. The van der Waals surface area contributed by atoms with E-state index in [1.807, 2.05) is 0 Å². The van der Waals surface area contributed by atoms with Crippen molar-refractivity contribution in [1.82, 2.24) is 10.2 Å². The lowest BCUT2D eigenvalue weighted by molar-refractivity contribution is -0.0764. The highest BCUT2D eigenvalue weighted by atomic mass is 16.5. The molecule has 2 aromatic rings. The van der Waals surface area contributed by atoms with Crippen molar-refractivity contribution in [2.24, 2.45) is 5.92 Å². The number of furan rings is 1. The minimum Gasteiger partial charge on any atom is -0.459 e. The van der Waals surface area contributed by atoms with Gasteiger partial charge in [0.1, 0.15) is 0 Å². The Morgan fingerprint density at radius 1 is 1.13 bits per heavy atom. The van der Waals surface area contributed by atoms with Crippen molar-refractivity contribution in [3.05, 3.63) is 59.5 Å². The molecule has 0 radical (unpaired) electrons. The number of amides is 1. The zero-order valence-corrected chi connectivity index (χ0v) is 18.2. The lowest BCUT2D eigenvalue weighted by atomic mass is 9.88. The Labute approximate surface area is 179 Å². The van der Waals surface area contributed by atoms with Gasteiger partial charge in [0.2, 0.25) is 0 Å². The van der Waals surface area contributed by atoms with Crippen molar-refractivity contribution in [1.29, 1.82) is 0 Å². The van der Waals surface area contributed by atoms with Gasteiger partial charge in [0, 0.05) is 26.2 Å². The molecule has 0 unspecified atom stereocenters. The molecule has 2 fully saturated rings. The van der Waals surface area contributed by atoms with E-state index in [4.69, 9.17) is 9.15 Å². The van der Waals surface area contributed by atoms with Gasteiger partial charge in [-0.2, -0.15) is 0 Å². The van der Waals surface area contributed by atoms with Gasteiger partial charge in [-0.1, -0.05) is 38.1 Å². The highest BCUT2D eigenvalue weighted by molar-refractivity contribution is 5.91. The van der Waals surface area contributed by atoms with Crippen LogP contribution in [0.2, 0.25) is 0 Å². The molecule has 0 aliphatic carbocycles. The van der Waals surface area contributed by atoms with E-state index >= 15 is 0 Å². The molecule has 2 saturated heterocycles. The monoisotopic (exact) mass is 410 g/mol. The topological polar surface area (TPSA) is 54.7 Å². The van der Waals surface area contributed by atoms with Crippen molar-refractivity contribution in [3.63, 3.8) is 0 Å². The normalized spacial score (nSPS) is 21.4. The molecule has 2 aliphatic heterocycles. The molecule has 1 atom stereocenters. The quantitative estimate of drug-likeness (QED) is 0.734. The number of rotatable bonds is 7. The van der Waals surface area contributed by atoms with E-state index in [0.717, 1.165) is 51.7 Å². The summed E-state index contributed by atoms with van der Waals surface area (Å²) in [5.41, 5.74) is 2.82. The molecular weight excluding hydrogens is 376 g/mol. The Balaban J connectivity index is 1.21. The molecule has 0 bridgehead atoms. The molecule has 0 saturated carbocycles. The first-order valence-electron chi connectivity index (χ1n) is 11.3. The summed E-state index contributed by atoms with van der Waals surface area (Å²) in [6.45, 7) is 8.23. The van der Waals surface area contributed by atoms with E-state index in [1.165, 1.54) is 17.4 Å². The van der Waals surface area contributed by atoms with Gasteiger partial charge in [0.25, 0.3) is 5.91 Å². The third-order valence-corrected chi connectivity index (χ3v) is 6.41. The fourth-order valence-electron chi connectivity index (χ4n) is 4.74. The zero-order chi connectivity index (χ0) is 21.0. The molecule has 1 N–H and O–H groups in total. The fraction of sp³-hybridized carbons (Fsp3) is 0.560. The van der Waals surface area contributed by atoms with Gasteiger partial charge in [0.15, 0.2) is 5.76 Å². The number of hydrogen-bond acceptors (Lipinski definition) is 4. The van der Waals surface area contributed by atoms with Crippen LogP contribution in [-0.2, 0) is 17.7 Å². The number of hydrogen-bond donors (Lipinski definition) is 1. The van der Waals surface area contributed by atoms with Crippen LogP contribution < -0.4 is 5.32 Å². The van der Waals surface area contributed by atoms with Gasteiger partial charge in [0.05, 0.1) is 18.0 Å². The van der Waals surface area contributed by atoms with Crippen LogP contribution in [0.5, 0.6) is 0 Å². The summed E-state index contributed by atoms with van der Waals surface area (Å²) in [6, 6.07) is 12.5. The van der Waals surface area contributed by atoms with E-state index in [-0.39, 0.29) is 17.6 Å². The predicted molar refractivity (Wildman–Crippen MR) is 117 cm³/mol. The first-order chi connectivity index (χ1) is 14.5.